The van der Waals surface area contributed by atoms with Crippen LogP contribution >= 0.6 is 11.8 Å². The lowest BCUT2D eigenvalue weighted by Gasteiger charge is -2.09. The van der Waals surface area contributed by atoms with Crippen molar-refractivity contribution in [2.24, 2.45) is 0 Å². The van der Waals surface area contributed by atoms with E-state index >= 15 is 0 Å². The Balaban J connectivity index is 1.84. The molecule has 1 aromatic carbocycles. The molecular formula is C14H12F4N2S. The molecular weight excluding hydrogens is 304 g/mol. The van der Waals surface area contributed by atoms with E-state index in [0.29, 0.717) is 12.2 Å². The Hall–Kier alpha value is -1.76. The van der Waals surface area contributed by atoms with Crippen LogP contribution in [0.1, 0.15) is 6.42 Å². The van der Waals surface area contributed by atoms with E-state index in [1.165, 1.54) is 0 Å². The number of halogens is 4. The maximum absolute atomic E-state index is 13.3. The second kappa shape index (κ2) is 7.31. The maximum atomic E-state index is 13.3. The summed E-state index contributed by atoms with van der Waals surface area (Å²) >= 11 is 1.58. The Morgan fingerprint density at radius 1 is 0.952 bits per heavy atom. The molecule has 0 saturated heterocycles. The molecule has 0 spiro atoms. The zero-order valence-electron chi connectivity index (χ0n) is 10.9. The third-order valence-corrected chi connectivity index (χ3v) is 3.73. The van der Waals surface area contributed by atoms with Crippen LogP contribution in [0.2, 0.25) is 0 Å². The van der Waals surface area contributed by atoms with Gasteiger partial charge in [-0.1, -0.05) is 18.2 Å². The van der Waals surface area contributed by atoms with E-state index in [-0.39, 0.29) is 6.54 Å². The lowest BCUT2D eigenvalue weighted by molar-refractivity contribution is 0.410. The second-order valence-electron chi connectivity index (χ2n) is 4.14. The van der Waals surface area contributed by atoms with Crippen LogP contribution in [0.15, 0.2) is 35.2 Å². The van der Waals surface area contributed by atoms with Gasteiger partial charge in [0.15, 0.2) is 0 Å². The monoisotopic (exact) mass is 316 g/mol. The number of nitrogens with one attached hydrogen (secondary N) is 1. The first-order valence-corrected chi connectivity index (χ1v) is 7.20. The number of anilines is 1. The van der Waals surface area contributed by atoms with E-state index in [2.05, 4.69) is 10.3 Å². The average molecular weight is 316 g/mol. The molecule has 2 rings (SSSR count). The summed E-state index contributed by atoms with van der Waals surface area (Å²) in [4.78, 5) is 3.57. The molecule has 0 saturated carbocycles. The molecule has 1 aromatic heterocycles. The molecule has 112 valence electrons. The zero-order valence-corrected chi connectivity index (χ0v) is 11.7. The number of aromatic nitrogens is 1. The molecule has 0 aliphatic heterocycles. The summed E-state index contributed by atoms with van der Waals surface area (Å²) in [5.74, 6) is -5.63. The second-order valence-corrected chi connectivity index (χ2v) is 5.31. The van der Waals surface area contributed by atoms with Crippen molar-refractivity contribution in [3.05, 3.63) is 53.9 Å². The molecule has 0 aliphatic carbocycles. The van der Waals surface area contributed by atoms with Crippen LogP contribution in [0.5, 0.6) is 0 Å². The highest BCUT2D eigenvalue weighted by Crippen LogP contribution is 2.22. The summed E-state index contributed by atoms with van der Waals surface area (Å²) in [6.45, 7) is 0.191. The first-order valence-electron chi connectivity index (χ1n) is 6.21. The van der Waals surface area contributed by atoms with Gasteiger partial charge < -0.3 is 5.32 Å². The smallest absolute Gasteiger partial charge is 0.253 e. The lowest BCUT2D eigenvalue weighted by atomic mass is 10.3. The Morgan fingerprint density at radius 2 is 1.57 bits per heavy atom. The number of rotatable bonds is 6. The van der Waals surface area contributed by atoms with Crippen LogP contribution in [0.3, 0.4) is 0 Å². The van der Waals surface area contributed by atoms with Crippen LogP contribution < -0.4 is 5.32 Å². The molecule has 0 amide bonds. The van der Waals surface area contributed by atoms with Gasteiger partial charge in [-0.2, -0.15) is 22.5 Å². The van der Waals surface area contributed by atoms with E-state index in [0.717, 1.165) is 4.90 Å². The van der Waals surface area contributed by atoms with Crippen LogP contribution in [-0.2, 0) is 0 Å². The number of benzene rings is 1. The average Bonchev–Trinajstić information content (AvgIpc) is 2.49. The largest absolute Gasteiger partial charge is 0.380 e. The summed E-state index contributed by atoms with van der Waals surface area (Å²) < 4.78 is 52.4. The van der Waals surface area contributed by atoms with Gasteiger partial charge in [-0.15, -0.1) is 11.8 Å². The molecule has 2 aromatic rings. The maximum Gasteiger partial charge on any atom is 0.253 e. The summed E-state index contributed by atoms with van der Waals surface area (Å²) in [5, 5.41) is 2.37. The van der Waals surface area contributed by atoms with Gasteiger partial charge in [-0.25, -0.2) is 0 Å². The Labute approximate surface area is 123 Å². The number of hydrogen-bond acceptors (Lipinski definition) is 3. The summed E-state index contributed by atoms with van der Waals surface area (Å²) in [6, 6.07) is 9.63. The van der Waals surface area contributed by atoms with Crippen molar-refractivity contribution in [1.29, 1.82) is 0 Å². The standard InChI is InChI=1S/C14H12F4N2S/c15-10-12(11(16)14(18)20-13(10)17)19-7-4-8-21-9-5-2-1-3-6-9/h1-3,5-6H,4,7-8H2,(H,19,20). The van der Waals surface area contributed by atoms with Crippen molar-refractivity contribution >= 4 is 17.4 Å². The topological polar surface area (TPSA) is 24.9 Å². The molecule has 0 atom stereocenters. The van der Waals surface area contributed by atoms with Crippen molar-refractivity contribution in [2.45, 2.75) is 11.3 Å². The fraction of sp³-hybridized carbons (Fsp3) is 0.214. The number of pyridine rings is 1. The van der Waals surface area contributed by atoms with E-state index < -0.39 is 29.2 Å². The van der Waals surface area contributed by atoms with Crippen molar-refractivity contribution in [2.75, 3.05) is 17.6 Å². The Morgan fingerprint density at radius 3 is 2.19 bits per heavy atom. The molecule has 1 N–H and O–H groups in total. The van der Waals surface area contributed by atoms with Gasteiger partial charge in [0, 0.05) is 11.4 Å². The number of nitrogens with zero attached hydrogens (tertiary/aromatic N) is 1. The van der Waals surface area contributed by atoms with Gasteiger partial charge in [0.1, 0.15) is 5.69 Å². The molecule has 0 aliphatic rings. The number of hydrogen-bond donors (Lipinski definition) is 1. The van der Waals surface area contributed by atoms with Crippen molar-refractivity contribution in [1.82, 2.24) is 4.98 Å². The van der Waals surface area contributed by atoms with Gasteiger partial charge in [-0.3, -0.25) is 0 Å². The molecule has 2 nitrogen and oxygen atoms in total. The SMILES string of the molecule is Fc1nc(F)c(F)c(NCCCSc2ccccc2)c1F. The van der Waals surface area contributed by atoms with Gasteiger partial charge in [0.2, 0.25) is 11.6 Å². The summed E-state index contributed by atoms with van der Waals surface area (Å²) in [7, 11) is 0. The normalized spacial score (nSPS) is 10.7. The molecule has 0 bridgehead atoms. The van der Waals surface area contributed by atoms with Crippen LogP contribution in [0.4, 0.5) is 23.2 Å². The molecule has 0 fully saturated rings. The van der Waals surface area contributed by atoms with Crippen molar-refractivity contribution in [3.8, 4) is 0 Å². The van der Waals surface area contributed by atoms with Crippen LogP contribution in [-0.4, -0.2) is 17.3 Å². The highest BCUT2D eigenvalue weighted by atomic mass is 32.2. The van der Waals surface area contributed by atoms with E-state index in [9.17, 15) is 17.6 Å². The molecule has 21 heavy (non-hydrogen) atoms. The van der Waals surface area contributed by atoms with E-state index in [1.807, 2.05) is 30.3 Å². The Kier molecular flexibility index (Phi) is 5.44. The predicted molar refractivity (Wildman–Crippen MR) is 74.3 cm³/mol. The zero-order chi connectivity index (χ0) is 15.2. The summed E-state index contributed by atoms with van der Waals surface area (Å²) in [6.07, 6.45) is 0.573. The lowest BCUT2D eigenvalue weighted by Crippen LogP contribution is -2.11. The fourth-order valence-electron chi connectivity index (χ4n) is 1.63. The Bertz CT molecular complexity index is 581. The van der Waals surface area contributed by atoms with Crippen molar-refractivity contribution in [3.63, 3.8) is 0 Å². The molecule has 0 radical (unpaired) electrons. The van der Waals surface area contributed by atoms with Crippen molar-refractivity contribution < 1.29 is 17.6 Å². The first kappa shape index (κ1) is 15.6. The first-order chi connectivity index (χ1) is 10.1. The molecule has 1 heterocycles. The van der Waals surface area contributed by atoms with Gasteiger partial charge in [0.25, 0.3) is 11.9 Å². The quantitative estimate of drug-likeness (QED) is 0.373. The highest BCUT2D eigenvalue weighted by molar-refractivity contribution is 7.99. The number of thioether (sulfide) groups is 1. The van der Waals surface area contributed by atoms with Gasteiger partial charge >= 0.3 is 0 Å². The fourth-order valence-corrected chi connectivity index (χ4v) is 2.51. The van der Waals surface area contributed by atoms with Gasteiger partial charge in [0.05, 0.1) is 0 Å². The van der Waals surface area contributed by atoms with Crippen LogP contribution in [0.25, 0.3) is 0 Å². The van der Waals surface area contributed by atoms with E-state index in [1.54, 1.807) is 11.8 Å². The highest BCUT2D eigenvalue weighted by Gasteiger charge is 2.20. The minimum Gasteiger partial charge on any atom is -0.380 e. The molecule has 0 unspecified atom stereocenters. The van der Waals surface area contributed by atoms with Crippen LogP contribution in [0, 0.1) is 23.5 Å². The summed E-state index contributed by atoms with van der Waals surface area (Å²) in [5.41, 5.74) is -0.815. The third-order valence-electron chi connectivity index (χ3n) is 2.63. The van der Waals surface area contributed by atoms with E-state index in [4.69, 9.17) is 0 Å². The minimum atomic E-state index is -1.66. The molecule has 7 heteroatoms. The predicted octanol–water partition coefficient (Wildman–Crippen LogP) is 4.23. The minimum absolute atomic E-state index is 0.191. The third kappa shape index (κ3) is 4.10. The van der Waals surface area contributed by atoms with Gasteiger partial charge in [-0.05, 0) is 24.3 Å².